The number of aromatic nitrogens is 1. The zero-order chi connectivity index (χ0) is 13.4. The summed E-state index contributed by atoms with van der Waals surface area (Å²) in [6.07, 6.45) is 2.16. The smallest absolute Gasteiger partial charge is 0.219 e. The van der Waals surface area contributed by atoms with Gasteiger partial charge in [0.2, 0.25) is 11.8 Å². The van der Waals surface area contributed by atoms with E-state index in [1.165, 1.54) is 6.92 Å². The number of rotatable bonds is 6. The summed E-state index contributed by atoms with van der Waals surface area (Å²) in [4.78, 5) is 28.4. The van der Waals surface area contributed by atoms with E-state index in [-0.39, 0.29) is 11.8 Å². The first kappa shape index (κ1) is 14.2. The summed E-state index contributed by atoms with van der Waals surface area (Å²) in [5.41, 5.74) is 0.842. The lowest BCUT2D eigenvalue weighted by Gasteiger charge is -2.20. The van der Waals surface area contributed by atoms with Crippen LogP contribution in [-0.2, 0) is 16.1 Å². The first-order valence-corrected chi connectivity index (χ1v) is 6.05. The minimum absolute atomic E-state index is 0.00339. The zero-order valence-electron chi connectivity index (χ0n) is 10.8. The molecule has 0 saturated heterocycles. The van der Waals surface area contributed by atoms with Gasteiger partial charge in [0.25, 0.3) is 0 Å². The maximum absolute atomic E-state index is 11.5. The van der Waals surface area contributed by atoms with Gasteiger partial charge >= 0.3 is 0 Å². The summed E-state index contributed by atoms with van der Waals surface area (Å²) in [5.74, 6) is -0.0252. The van der Waals surface area contributed by atoms with Crippen LogP contribution >= 0.6 is 0 Å². The summed E-state index contributed by atoms with van der Waals surface area (Å²) in [6, 6.07) is 5.60. The fourth-order valence-electron chi connectivity index (χ4n) is 1.49. The predicted octanol–water partition coefficient (Wildman–Crippen LogP) is 0.956. The first-order chi connectivity index (χ1) is 8.63. The third kappa shape index (κ3) is 4.95. The highest BCUT2D eigenvalue weighted by Crippen LogP contribution is 2.00. The van der Waals surface area contributed by atoms with Gasteiger partial charge in [0, 0.05) is 32.6 Å². The van der Waals surface area contributed by atoms with Crippen molar-refractivity contribution in [3.8, 4) is 0 Å². The van der Waals surface area contributed by atoms with Crippen LogP contribution in [-0.4, -0.2) is 34.8 Å². The van der Waals surface area contributed by atoms with Gasteiger partial charge in [-0.1, -0.05) is 13.0 Å². The highest BCUT2D eigenvalue weighted by atomic mass is 16.2. The second-order valence-corrected chi connectivity index (χ2v) is 3.97. The van der Waals surface area contributed by atoms with Crippen LogP contribution in [0.5, 0.6) is 0 Å². The van der Waals surface area contributed by atoms with Crippen LogP contribution in [0.25, 0.3) is 0 Å². The number of hydrogen-bond acceptors (Lipinski definition) is 3. The Labute approximate surface area is 107 Å². The first-order valence-electron chi connectivity index (χ1n) is 6.05. The molecule has 0 fully saturated rings. The van der Waals surface area contributed by atoms with Gasteiger partial charge in [-0.3, -0.25) is 14.6 Å². The van der Waals surface area contributed by atoms with Gasteiger partial charge in [-0.25, -0.2) is 0 Å². The lowest BCUT2D eigenvalue weighted by Crippen LogP contribution is -2.37. The normalized spacial score (nSPS) is 9.89. The molecular weight excluding hydrogens is 230 g/mol. The number of nitrogens with one attached hydrogen (secondary N) is 1. The molecule has 1 heterocycles. The Hall–Kier alpha value is -1.91. The van der Waals surface area contributed by atoms with Crippen molar-refractivity contribution in [3.63, 3.8) is 0 Å². The molecule has 0 aliphatic rings. The summed E-state index contributed by atoms with van der Waals surface area (Å²) >= 11 is 0. The molecule has 0 spiro atoms. The molecule has 5 heteroatoms. The van der Waals surface area contributed by atoms with Gasteiger partial charge in [0.15, 0.2) is 0 Å². The molecule has 0 unspecified atom stereocenters. The van der Waals surface area contributed by atoms with Gasteiger partial charge in [-0.05, 0) is 12.1 Å². The number of amides is 2. The number of carbonyl (C=O) groups excluding carboxylic acids is 2. The van der Waals surface area contributed by atoms with E-state index in [1.54, 1.807) is 18.0 Å². The zero-order valence-corrected chi connectivity index (χ0v) is 10.8. The number of hydrogen-bond donors (Lipinski definition) is 1. The third-order valence-electron chi connectivity index (χ3n) is 2.55. The molecule has 1 aromatic heterocycles. The molecule has 1 aromatic rings. The van der Waals surface area contributed by atoms with Crippen LogP contribution in [0.2, 0.25) is 0 Å². The summed E-state index contributed by atoms with van der Waals surface area (Å²) in [5, 5.41) is 2.75. The van der Waals surface area contributed by atoms with Gasteiger partial charge < -0.3 is 10.2 Å². The third-order valence-corrected chi connectivity index (χ3v) is 2.55. The van der Waals surface area contributed by atoms with Gasteiger partial charge in [0.1, 0.15) is 0 Å². The monoisotopic (exact) mass is 249 g/mol. The van der Waals surface area contributed by atoms with Crippen molar-refractivity contribution in [2.75, 3.05) is 13.1 Å². The molecule has 0 aliphatic carbocycles. The predicted molar refractivity (Wildman–Crippen MR) is 68.6 cm³/mol. The number of carbonyl (C=O) groups is 2. The Morgan fingerprint density at radius 1 is 1.39 bits per heavy atom. The molecule has 1 rings (SSSR count). The van der Waals surface area contributed by atoms with Crippen LogP contribution < -0.4 is 5.32 Å². The van der Waals surface area contributed by atoms with Crippen molar-refractivity contribution < 1.29 is 9.59 Å². The van der Waals surface area contributed by atoms with E-state index in [4.69, 9.17) is 0 Å². The quantitative estimate of drug-likeness (QED) is 0.816. The van der Waals surface area contributed by atoms with E-state index in [2.05, 4.69) is 10.3 Å². The molecule has 0 bridgehead atoms. The van der Waals surface area contributed by atoms with E-state index >= 15 is 0 Å². The summed E-state index contributed by atoms with van der Waals surface area (Å²) < 4.78 is 0. The van der Waals surface area contributed by atoms with Crippen LogP contribution in [0.15, 0.2) is 24.4 Å². The molecule has 1 N–H and O–H groups in total. The van der Waals surface area contributed by atoms with Crippen LogP contribution in [0.1, 0.15) is 26.0 Å². The second kappa shape index (κ2) is 7.42. The van der Waals surface area contributed by atoms with Gasteiger partial charge in [0.05, 0.1) is 12.2 Å². The standard InChI is InChI=1S/C13H19N3O2/c1-3-13(18)15-8-9-16(11(2)17)10-12-6-4-5-7-14-12/h4-7H,3,8-10H2,1-2H3,(H,15,18). The SMILES string of the molecule is CCC(=O)NCCN(Cc1ccccn1)C(C)=O. The van der Waals surface area contributed by atoms with E-state index in [0.29, 0.717) is 26.1 Å². The number of pyridine rings is 1. The van der Waals surface area contributed by atoms with Crippen molar-refractivity contribution in [2.24, 2.45) is 0 Å². The van der Waals surface area contributed by atoms with Gasteiger partial charge in [-0.15, -0.1) is 0 Å². The molecule has 5 nitrogen and oxygen atoms in total. The lowest BCUT2D eigenvalue weighted by molar-refractivity contribution is -0.130. The Morgan fingerprint density at radius 2 is 2.17 bits per heavy atom. The Bertz CT molecular complexity index is 392. The van der Waals surface area contributed by atoms with Crippen molar-refractivity contribution in [1.29, 1.82) is 0 Å². The fraction of sp³-hybridized carbons (Fsp3) is 0.462. The van der Waals surface area contributed by atoms with Crippen molar-refractivity contribution in [3.05, 3.63) is 30.1 Å². The van der Waals surface area contributed by atoms with E-state index < -0.39 is 0 Å². The molecule has 2 amide bonds. The molecule has 18 heavy (non-hydrogen) atoms. The van der Waals surface area contributed by atoms with Crippen molar-refractivity contribution >= 4 is 11.8 Å². The number of nitrogens with zero attached hydrogens (tertiary/aromatic N) is 2. The van der Waals surface area contributed by atoms with E-state index in [0.717, 1.165) is 5.69 Å². The molecule has 0 aromatic carbocycles. The Morgan fingerprint density at radius 3 is 2.72 bits per heavy atom. The highest BCUT2D eigenvalue weighted by molar-refractivity contribution is 5.75. The summed E-state index contributed by atoms with van der Waals surface area (Å²) in [7, 11) is 0. The maximum Gasteiger partial charge on any atom is 0.219 e. The average molecular weight is 249 g/mol. The van der Waals surface area contributed by atoms with Gasteiger partial charge in [-0.2, -0.15) is 0 Å². The van der Waals surface area contributed by atoms with E-state index in [1.807, 2.05) is 18.2 Å². The maximum atomic E-state index is 11.5. The molecule has 0 aliphatic heterocycles. The van der Waals surface area contributed by atoms with Crippen LogP contribution in [0.3, 0.4) is 0 Å². The second-order valence-electron chi connectivity index (χ2n) is 3.97. The lowest BCUT2D eigenvalue weighted by atomic mass is 10.3. The minimum atomic E-state index is -0.0219. The molecule has 0 atom stereocenters. The summed E-state index contributed by atoms with van der Waals surface area (Å²) in [6.45, 7) is 4.76. The Balaban J connectivity index is 2.46. The molecular formula is C13H19N3O2. The molecule has 0 radical (unpaired) electrons. The minimum Gasteiger partial charge on any atom is -0.354 e. The van der Waals surface area contributed by atoms with Crippen molar-refractivity contribution in [1.82, 2.24) is 15.2 Å². The van der Waals surface area contributed by atoms with Crippen LogP contribution in [0.4, 0.5) is 0 Å². The Kier molecular flexibility index (Phi) is 5.84. The topological polar surface area (TPSA) is 62.3 Å². The largest absolute Gasteiger partial charge is 0.354 e. The molecule has 0 saturated carbocycles. The fourth-order valence-corrected chi connectivity index (χ4v) is 1.49. The average Bonchev–Trinajstić information content (AvgIpc) is 2.38. The molecule has 98 valence electrons. The van der Waals surface area contributed by atoms with E-state index in [9.17, 15) is 9.59 Å². The highest BCUT2D eigenvalue weighted by Gasteiger charge is 2.09. The van der Waals surface area contributed by atoms with Crippen molar-refractivity contribution in [2.45, 2.75) is 26.8 Å². The van der Waals surface area contributed by atoms with Crippen LogP contribution in [0, 0.1) is 0 Å².